The third kappa shape index (κ3) is 1.92. The van der Waals surface area contributed by atoms with Crippen LogP contribution in [0.5, 0.6) is 0 Å². The van der Waals surface area contributed by atoms with Crippen molar-refractivity contribution in [2.24, 2.45) is 0 Å². The van der Waals surface area contributed by atoms with Crippen LogP contribution in [0.15, 0.2) is 47.4 Å². The monoisotopic (exact) mass is 242 g/mol. The van der Waals surface area contributed by atoms with Gasteiger partial charge < -0.3 is 5.11 Å². The Labute approximate surface area is 102 Å². The van der Waals surface area contributed by atoms with Gasteiger partial charge in [-0.25, -0.2) is 0 Å². The molecule has 0 amide bonds. The van der Waals surface area contributed by atoms with Gasteiger partial charge in [-0.05, 0) is 40.1 Å². The van der Waals surface area contributed by atoms with Crippen LogP contribution in [0.4, 0.5) is 0 Å². The number of rotatable bonds is 2. The van der Waals surface area contributed by atoms with E-state index in [-0.39, 0.29) is 0 Å². The first-order valence-electron chi connectivity index (χ1n) is 5.25. The molecule has 84 valence electrons. The molecule has 0 aliphatic rings. The second-order valence-electron chi connectivity index (χ2n) is 3.76. The normalized spacial score (nSPS) is 12.8. The molecule has 3 rings (SSSR count). The molecule has 1 aromatic carbocycles. The van der Waals surface area contributed by atoms with Gasteiger partial charge in [0.05, 0.1) is 11.0 Å². The van der Waals surface area contributed by atoms with Crippen molar-refractivity contribution in [2.75, 3.05) is 0 Å². The Bertz CT molecular complexity index is 637. The minimum atomic E-state index is -0.590. The fourth-order valence-corrected chi connectivity index (χ4v) is 2.45. The van der Waals surface area contributed by atoms with E-state index in [2.05, 4.69) is 9.97 Å². The topological polar surface area (TPSA) is 46.0 Å². The lowest BCUT2D eigenvalue weighted by Crippen LogP contribution is -1.98. The van der Waals surface area contributed by atoms with Crippen molar-refractivity contribution >= 4 is 22.4 Å². The van der Waals surface area contributed by atoms with Crippen LogP contribution in [-0.4, -0.2) is 15.1 Å². The van der Waals surface area contributed by atoms with Crippen LogP contribution in [0.1, 0.15) is 17.2 Å². The van der Waals surface area contributed by atoms with E-state index in [9.17, 15) is 5.11 Å². The molecule has 0 radical (unpaired) electrons. The lowest BCUT2D eigenvalue weighted by atomic mass is 10.0. The van der Waals surface area contributed by atoms with Gasteiger partial charge in [0.2, 0.25) is 0 Å². The highest BCUT2D eigenvalue weighted by Crippen LogP contribution is 2.25. The first-order chi connectivity index (χ1) is 8.34. The summed E-state index contributed by atoms with van der Waals surface area (Å²) < 4.78 is 0. The van der Waals surface area contributed by atoms with Gasteiger partial charge in [-0.2, -0.15) is 11.3 Å². The Morgan fingerprint density at radius 3 is 2.59 bits per heavy atom. The molecule has 0 saturated heterocycles. The summed E-state index contributed by atoms with van der Waals surface area (Å²) in [6.45, 7) is 0. The van der Waals surface area contributed by atoms with Crippen molar-refractivity contribution in [3.8, 4) is 0 Å². The second kappa shape index (κ2) is 4.24. The SMILES string of the molecule is OC(c1ccsc1)c1ccc2nccnc2c1. The van der Waals surface area contributed by atoms with Crippen molar-refractivity contribution in [1.29, 1.82) is 0 Å². The second-order valence-corrected chi connectivity index (χ2v) is 4.54. The summed E-state index contributed by atoms with van der Waals surface area (Å²) in [5.41, 5.74) is 3.41. The minimum absolute atomic E-state index is 0.590. The zero-order valence-electron chi connectivity index (χ0n) is 8.95. The van der Waals surface area contributed by atoms with E-state index in [1.807, 2.05) is 35.0 Å². The number of aromatic nitrogens is 2. The third-order valence-corrected chi connectivity index (χ3v) is 3.37. The molecule has 2 heterocycles. The average Bonchev–Trinajstić information content (AvgIpc) is 2.91. The van der Waals surface area contributed by atoms with E-state index in [0.717, 1.165) is 22.2 Å². The van der Waals surface area contributed by atoms with Crippen molar-refractivity contribution in [3.63, 3.8) is 0 Å². The van der Waals surface area contributed by atoms with Crippen molar-refractivity contribution in [3.05, 3.63) is 58.5 Å². The molecule has 4 heteroatoms. The molecule has 1 atom stereocenters. The molecule has 3 aromatic rings. The smallest absolute Gasteiger partial charge is 0.105 e. The molecule has 0 spiro atoms. The molecule has 2 aromatic heterocycles. The van der Waals surface area contributed by atoms with Crippen LogP contribution < -0.4 is 0 Å². The van der Waals surface area contributed by atoms with Gasteiger partial charge >= 0.3 is 0 Å². The molecule has 0 bridgehead atoms. The van der Waals surface area contributed by atoms with E-state index in [4.69, 9.17) is 0 Å². The fourth-order valence-electron chi connectivity index (χ4n) is 1.77. The van der Waals surface area contributed by atoms with Crippen LogP contribution in [0.2, 0.25) is 0 Å². The number of nitrogens with zero attached hydrogens (tertiary/aromatic N) is 2. The zero-order chi connectivity index (χ0) is 11.7. The van der Waals surface area contributed by atoms with Gasteiger partial charge in [0.25, 0.3) is 0 Å². The maximum atomic E-state index is 10.2. The lowest BCUT2D eigenvalue weighted by Gasteiger charge is -2.09. The Balaban J connectivity index is 2.06. The first-order valence-corrected chi connectivity index (χ1v) is 6.20. The zero-order valence-corrected chi connectivity index (χ0v) is 9.76. The highest BCUT2D eigenvalue weighted by Gasteiger charge is 2.11. The number of fused-ring (bicyclic) bond motifs is 1. The molecule has 1 N–H and O–H groups in total. The highest BCUT2D eigenvalue weighted by atomic mass is 32.1. The molecule has 0 fully saturated rings. The number of aliphatic hydroxyl groups is 1. The van der Waals surface area contributed by atoms with Crippen LogP contribution in [0, 0.1) is 0 Å². The molecule has 17 heavy (non-hydrogen) atoms. The summed E-state index contributed by atoms with van der Waals surface area (Å²) in [6.07, 6.45) is 2.73. The van der Waals surface area contributed by atoms with E-state index < -0.39 is 6.10 Å². The van der Waals surface area contributed by atoms with Gasteiger partial charge in [0, 0.05) is 12.4 Å². The van der Waals surface area contributed by atoms with Crippen LogP contribution in [0.3, 0.4) is 0 Å². The van der Waals surface area contributed by atoms with Crippen LogP contribution in [-0.2, 0) is 0 Å². The minimum Gasteiger partial charge on any atom is -0.384 e. The summed E-state index contributed by atoms with van der Waals surface area (Å²) in [7, 11) is 0. The highest BCUT2D eigenvalue weighted by molar-refractivity contribution is 7.07. The molecular weight excluding hydrogens is 232 g/mol. The largest absolute Gasteiger partial charge is 0.384 e. The predicted octanol–water partition coefficient (Wildman–Crippen LogP) is 2.77. The lowest BCUT2D eigenvalue weighted by molar-refractivity contribution is 0.221. The van der Waals surface area contributed by atoms with E-state index >= 15 is 0 Å². The molecule has 0 saturated carbocycles. The number of thiophene rings is 1. The molecule has 3 nitrogen and oxygen atoms in total. The summed E-state index contributed by atoms with van der Waals surface area (Å²) in [6, 6.07) is 7.58. The Morgan fingerprint density at radius 1 is 1.00 bits per heavy atom. The summed E-state index contributed by atoms with van der Waals surface area (Å²) in [4.78, 5) is 8.44. The number of aliphatic hydroxyl groups excluding tert-OH is 1. The average molecular weight is 242 g/mol. The molecular formula is C13H10N2OS. The standard InChI is InChI=1S/C13H10N2OS/c16-13(10-3-6-17-8-10)9-1-2-11-12(7-9)15-5-4-14-11/h1-8,13,16H. The summed E-state index contributed by atoms with van der Waals surface area (Å²) >= 11 is 1.58. The van der Waals surface area contributed by atoms with Crippen molar-refractivity contribution in [1.82, 2.24) is 9.97 Å². The van der Waals surface area contributed by atoms with Crippen molar-refractivity contribution in [2.45, 2.75) is 6.10 Å². The van der Waals surface area contributed by atoms with Crippen LogP contribution in [0.25, 0.3) is 11.0 Å². The molecule has 0 aliphatic heterocycles. The number of hydrogen-bond acceptors (Lipinski definition) is 4. The van der Waals surface area contributed by atoms with Crippen molar-refractivity contribution < 1.29 is 5.11 Å². The van der Waals surface area contributed by atoms with E-state index in [1.165, 1.54) is 0 Å². The summed E-state index contributed by atoms with van der Waals surface area (Å²) in [5, 5.41) is 14.1. The quantitative estimate of drug-likeness (QED) is 0.751. The van der Waals surface area contributed by atoms with Gasteiger partial charge in [-0.15, -0.1) is 0 Å². The number of benzene rings is 1. The third-order valence-electron chi connectivity index (χ3n) is 2.67. The Morgan fingerprint density at radius 2 is 1.82 bits per heavy atom. The van der Waals surface area contributed by atoms with Crippen LogP contribution >= 0.6 is 11.3 Å². The maximum absolute atomic E-state index is 10.2. The van der Waals surface area contributed by atoms with Gasteiger partial charge in [-0.3, -0.25) is 9.97 Å². The summed E-state index contributed by atoms with van der Waals surface area (Å²) in [5.74, 6) is 0. The van der Waals surface area contributed by atoms with E-state index in [0.29, 0.717) is 0 Å². The Kier molecular flexibility index (Phi) is 2.59. The van der Waals surface area contributed by atoms with Gasteiger partial charge in [0.15, 0.2) is 0 Å². The first kappa shape index (κ1) is 10.4. The predicted molar refractivity (Wildman–Crippen MR) is 67.9 cm³/mol. The maximum Gasteiger partial charge on any atom is 0.105 e. The number of hydrogen-bond donors (Lipinski definition) is 1. The fraction of sp³-hybridized carbons (Fsp3) is 0.0769. The van der Waals surface area contributed by atoms with Gasteiger partial charge in [-0.1, -0.05) is 6.07 Å². The molecule has 0 aliphatic carbocycles. The molecule has 1 unspecified atom stereocenters. The van der Waals surface area contributed by atoms with E-state index in [1.54, 1.807) is 23.7 Å². The Hall–Kier alpha value is -1.78. The van der Waals surface area contributed by atoms with Gasteiger partial charge in [0.1, 0.15) is 6.10 Å².